The Morgan fingerprint density at radius 2 is 1.97 bits per heavy atom. The summed E-state index contributed by atoms with van der Waals surface area (Å²) >= 11 is 1.47. The Labute approximate surface area is 191 Å². The van der Waals surface area contributed by atoms with E-state index in [1.54, 1.807) is 6.92 Å². The highest BCUT2D eigenvalue weighted by molar-refractivity contribution is 7.98. The third kappa shape index (κ3) is 5.45. The molecular weight excluding hydrogens is 426 g/mol. The molecular formula is C23H29N5O3S. The van der Waals surface area contributed by atoms with Gasteiger partial charge >= 0.3 is 5.97 Å². The van der Waals surface area contributed by atoms with Gasteiger partial charge in [-0.3, -0.25) is 9.78 Å². The van der Waals surface area contributed by atoms with Gasteiger partial charge in [0.1, 0.15) is 5.82 Å². The molecule has 9 heteroatoms. The Kier molecular flexibility index (Phi) is 7.84. The summed E-state index contributed by atoms with van der Waals surface area (Å²) in [7, 11) is 0. The van der Waals surface area contributed by atoms with Gasteiger partial charge in [0.05, 0.1) is 23.4 Å². The van der Waals surface area contributed by atoms with Gasteiger partial charge in [0.25, 0.3) is 0 Å². The maximum absolute atomic E-state index is 12.8. The average Bonchev–Trinajstić information content (AvgIpc) is 3.11. The fraction of sp³-hybridized carbons (Fsp3) is 0.435. The number of carbonyl (C=O) groups excluding carboxylic acids is 2. The fourth-order valence-corrected chi connectivity index (χ4v) is 4.46. The van der Waals surface area contributed by atoms with Crippen LogP contribution in [0.5, 0.6) is 0 Å². The van der Waals surface area contributed by atoms with Crippen LogP contribution < -0.4 is 5.73 Å². The average molecular weight is 456 g/mol. The van der Waals surface area contributed by atoms with Crippen molar-refractivity contribution in [2.24, 2.45) is 11.7 Å². The summed E-state index contributed by atoms with van der Waals surface area (Å²) in [6.45, 7) is 8.95. The summed E-state index contributed by atoms with van der Waals surface area (Å²) in [5.74, 6) is 0.797. The lowest BCUT2D eigenvalue weighted by molar-refractivity contribution is -0.118. The van der Waals surface area contributed by atoms with Crippen LogP contribution in [0.1, 0.15) is 54.6 Å². The van der Waals surface area contributed by atoms with Gasteiger partial charge in [-0.2, -0.15) is 0 Å². The first kappa shape index (κ1) is 23.7. The molecule has 0 aliphatic rings. The van der Waals surface area contributed by atoms with Crippen molar-refractivity contribution >= 4 is 34.5 Å². The molecule has 32 heavy (non-hydrogen) atoms. The Balaban J connectivity index is 1.95. The van der Waals surface area contributed by atoms with Crippen LogP contribution in [-0.2, 0) is 28.2 Å². The molecule has 3 aromatic rings. The minimum Gasteiger partial charge on any atom is -0.462 e. The van der Waals surface area contributed by atoms with Crippen LogP contribution in [0.25, 0.3) is 10.9 Å². The van der Waals surface area contributed by atoms with Crippen LogP contribution in [0.15, 0.2) is 29.4 Å². The van der Waals surface area contributed by atoms with Crippen LogP contribution >= 0.6 is 11.8 Å². The molecule has 8 nitrogen and oxygen atoms in total. The van der Waals surface area contributed by atoms with E-state index in [-0.39, 0.29) is 18.3 Å². The van der Waals surface area contributed by atoms with E-state index >= 15 is 0 Å². The van der Waals surface area contributed by atoms with Crippen molar-refractivity contribution in [3.05, 3.63) is 46.9 Å². The van der Waals surface area contributed by atoms with Gasteiger partial charge < -0.3 is 15.0 Å². The van der Waals surface area contributed by atoms with Gasteiger partial charge in [0.2, 0.25) is 5.91 Å². The summed E-state index contributed by atoms with van der Waals surface area (Å²) < 4.78 is 7.34. The summed E-state index contributed by atoms with van der Waals surface area (Å²) in [5.41, 5.74) is 8.16. The van der Waals surface area contributed by atoms with Gasteiger partial charge in [0.15, 0.2) is 5.16 Å². The number of benzene rings is 1. The number of aryl methyl sites for hydroxylation is 2. The first-order valence-corrected chi connectivity index (χ1v) is 11.7. The minimum atomic E-state index is -0.371. The van der Waals surface area contributed by atoms with Gasteiger partial charge in [-0.05, 0) is 31.4 Å². The summed E-state index contributed by atoms with van der Waals surface area (Å²) in [4.78, 5) is 28.8. The number of hydrogen-bond donors (Lipinski definition) is 1. The molecule has 0 unspecified atom stereocenters. The predicted octanol–water partition coefficient (Wildman–Crippen LogP) is 3.68. The quantitative estimate of drug-likeness (QED) is 0.366. The third-order valence-electron chi connectivity index (χ3n) is 4.98. The van der Waals surface area contributed by atoms with E-state index < -0.39 is 0 Å². The smallest absolute Gasteiger partial charge is 0.340 e. The SMILES string of the molecule is CCOC(=O)c1c(CSc2nnc(CCC(N)=O)n2CC(C)C)nc2ccccc2c1C. The number of primary amides is 1. The zero-order valence-electron chi connectivity index (χ0n) is 18.9. The van der Waals surface area contributed by atoms with Crippen molar-refractivity contribution in [1.82, 2.24) is 19.7 Å². The number of carbonyl (C=O) groups is 2. The van der Waals surface area contributed by atoms with Crippen LogP contribution in [0.3, 0.4) is 0 Å². The second kappa shape index (κ2) is 10.6. The van der Waals surface area contributed by atoms with Gasteiger partial charge in [-0.1, -0.05) is 43.8 Å². The van der Waals surface area contributed by atoms with Crippen molar-refractivity contribution < 1.29 is 14.3 Å². The van der Waals surface area contributed by atoms with Crippen LogP contribution in [0.4, 0.5) is 0 Å². The van der Waals surface area contributed by atoms with Gasteiger partial charge in [0, 0.05) is 30.5 Å². The number of hydrogen-bond acceptors (Lipinski definition) is 7. The summed E-state index contributed by atoms with van der Waals surface area (Å²) in [5, 5.41) is 10.3. The number of amides is 1. The molecule has 0 spiro atoms. The van der Waals surface area contributed by atoms with E-state index in [0.717, 1.165) is 34.0 Å². The Hall–Kier alpha value is -2.94. The lowest BCUT2D eigenvalue weighted by atomic mass is 10.0. The highest BCUT2D eigenvalue weighted by atomic mass is 32.2. The Bertz CT molecular complexity index is 1130. The molecule has 0 fully saturated rings. The molecule has 3 rings (SSSR count). The standard InChI is InChI=1S/C23H29N5O3S/c1-5-31-22(30)21-15(4)16-8-6-7-9-17(16)25-18(21)13-32-23-27-26-20(11-10-19(24)29)28(23)12-14(2)3/h6-9,14H,5,10-13H2,1-4H3,(H2,24,29). The minimum absolute atomic E-state index is 0.222. The van der Waals surface area contributed by atoms with Crippen molar-refractivity contribution in [3.63, 3.8) is 0 Å². The van der Waals surface area contributed by atoms with E-state index in [9.17, 15) is 9.59 Å². The topological polar surface area (TPSA) is 113 Å². The fourth-order valence-electron chi connectivity index (χ4n) is 3.55. The predicted molar refractivity (Wildman–Crippen MR) is 124 cm³/mol. The second-order valence-electron chi connectivity index (χ2n) is 7.95. The Morgan fingerprint density at radius 3 is 2.66 bits per heavy atom. The number of rotatable bonds is 10. The number of ether oxygens (including phenoxy) is 1. The van der Waals surface area contributed by atoms with Crippen LogP contribution in [0, 0.1) is 12.8 Å². The van der Waals surface area contributed by atoms with E-state index in [2.05, 4.69) is 24.0 Å². The van der Waals surface area contributed by atoms with E-state index in [4.69, 9.17) is 15.5 Å². The molecule has 2 N–H and O–H groups in total. The van der Waals surface area contributed by atoms with Gasteiger partial charge in [-0.15, -0.1) is 10.2 Å². The third-order valence-corrected chi connectivity index (χ3v) is 5.96. The monoisotopic (exact) mass is 455 g/mol. The van der Waals surface area contributed by atoms with E-state index in [0.29, 0.717) is 36.0 Å². The number of thioether (sulfide) groups is 1. The number of nitrogens with two attached hydrogens (primary N) is 1. The first-order valence-electron chi connectivity index (χ1n) is 10.7. The molecule has 0 radical (unpaired) electrons. The Morgan fingerprint density at radius 1 is 1.22 bits per heavy atom. The zero-order chi connectivity index (χ0) is 23.3. The van der Waals surface area contributed by atoms with E-state index in [1.807, 2.05) is 35.8 Å². The number of para-hydroxylation sites is 1. The largest absolute Gasteiger partial charge is 0.462 e. The van der Waals surface area contributed by atoms with Crippen LogP contribution in [-0.4, -0.2) is 38.2 Å². The molecule has 0 saturated heterocycles. The number of fused-ring (bicyclic) bond motifs is 1. The lowest BCUT2D eigenvalue weighted by Crippen LogP contribution is -2.15. The number of nitrogens with zero attached hydrogens (tertiary/aromatic N) is 4. The molecule has 2 heterocycles. The maximum atomic E-state index is 12.8. The molecule has 2 aromatic heterocycles. The van der Waals surface area contributed by atoms with Crippen molar-refractivity contribution in [1.29, 1.82) is 0 Å². The molecule has 0 atom stereocenters. The first-order chi connectivity index (χ1) is 15.3. The van der Waals surface area contributed by atoms with Crippen molar-refractivity contribution in [2.45, 2.75) is 58.0 Å². The number of esters is 1. The molecule has 1 aromatic carbocycles. The molecule has 0 aliphatic heterocycles. The normalized spacial score (nSPS) is 11.3. The highest BCUT2D eigenvalue weighted by Gasteiger charge is 2.21. The molecule has 1 amide bonds. The molecule has 0 saturated carbocycles. The molecule has 170 valence electrons. The zero-order valence-corrected chi connectivity index (χ0v) is 19.7. The number of pyridine rings is 1. The lowest BCUT2D eigenvalue weighted by Gasteiger charge is -2.15. The highest BCUT2D eigenvalue weighted by Crippen LogP contribution is 2.29. The van der Waals surface area contributed by atoms with Crippen molar-refractivity contribution in [3.8, 4) is 0 Å². The molecule has 0 bridgehead atoms. The molecule has 0 aliphatic carbocycles. The van der Waals surface area contributed by atoms with Crippen LogP contribution in [0.2, 0.25) is 0 Å². The van der Waals surface area contributed by atoms with Crippen molar-refractivity contribution in [2.75, 3.05) is 6.61 Å². The summed E-state index contributed by atoms with van der Waals surface area (Å²) in [6, 6.07) is 7.76. The summed E-state index contributed by atoms with van der Waals surface area (Å²) in [6.07, 6.45) is 0.663. The maximum Gasteiger partial charge on any atom is 0.340 e. The van der Waals surface area contributed by atoms with E-state index in [1.165, 1.54) is 11.8 Å². The van der Waals surface area contributed by atoms with Gasteiger partial charge in [-0.25, -0.2) is 4.79 Å². The number of aromatic nitrogens is 4. The second-order valence-corrected chi connectivity index (χ2v) is 8.90.